The van der Waals surface area contributed by atoms with Crippen LogP contribution in [0.25, 0.3) is 11.1 Å². The quantitative estimate of drug-likeness (QED) is 0.599. The second-order valence-corrected chi connectivity index (χ2v) is 8.54. The van der Waals surface area contributed by atoms with Crippen LogP contribution >= 0.6 is 0 Å². The van der Waals surface area contributed by atoms with Gasteiger partial charge in [-0.25, -0.2) is 4.39 Å². The first-order valence-electron chi connectivity index (χ1n) is 11.2. The smallest absolute Gasteiger partial charge is 0.273 e. The van der Waals surface area contributed by atoms with Crippen LogP contribution in [-0.2, 0) is 24.7 Å². The van der Waals surface area contributed by atoms with Crippen molar-refractivity contribution in [1.29, 1.82) is 0 Å². The molecule has 0 saturated carbocycles. The Balaban J connectivity index is 1.71. The van der Waals surface area contributed by atoms with Crippen LogP contribution in [-0.4, -0.2) is 57.6 Å². The van der Waals surface area contributed by atoms with Gasteiger partial charge in [-0.3, -0.25) is 14.3 Å². The molecule has 1 atom stereocenters. The average molecular weight is 449 g/mol. The van der Waals surface area contributed by atoms with E-state index in [1.807, 2.05) is 38.1 Å². The minimum absolute atomic E-state index is 0.0842. The van der Waals surface area contributed by atoms with E-state index in [1.165, 1.54) is 12.1 Å². The van der Waals surface area contributed by atoms with Gasteiger partial charge in [0.1, 0.15) is 17.6 Å². The highest BCUT2D eigenvalue weighted by molar-refractivity contribution is 5.98. The molecule has 1 saturated heterocycles. The Morgan fingerprint density at radius 3 is 2.45 bits per heavy atom. The molecular formula is C26H29FN4O2. The van der Waals surface area contributed by atoms with E-state index >= 15 is 0 Å². The van der Waals surface area contributed by atoms with Gasteiger partial charge in [-0.1, -0.05) is 43.3 Å². The monoisotopic (exact) mass is 448 g/mol. The molecule has 33 heavy (non-hydrogen) atoms. The number of nitrogens with zero attached hydrogens (tertiary/aromatic N) is 4. The third-order valence-corrected chi connectivity index (χ3v) is 6.48. The minimum atomic E-state index is -0.628. The average Bonchev–Trinajstić information content (AvgIpc) is 3.10. The fourth-order valence-corrected chi connectivity index (χ4v) is 4.63. The summed E-state index contributed by atoms with van der Waals surface area (Å²) in [5.74, 6) is -0.554. The highest BCUT2D eigenvalue weighted by Crippen LogP contribution is 2.28. The Bertz CT molecular complexity index is 1190. The van der Waals surface area contributed by atoms with Crippen LogP contribution in [0.3, 0.4) is 0 Å². The number of hydrogen-bond acceptors (Lipinski definition) is 3. The van der Waals surface area contributed by atoms with Crippen molar-refractivity contribution in [3.8, 4) is 11.1 Å². The SMILES string of the molecule is CCc1nn(C)c(C(=O)N2CCN(C)C(=O)C2Cc2ccccc2-c2ccc(F)cc2)c1C. The van der Waals surface area contributed by atoms with Gasteiger partial charge >= 0.3 is 0 Å². The molecule has 0 aliphatic carbocycles. The summed E-state index contributed by atoms with van der Waals surface area (Å²) in [6.45, 7) is 4.86. The topological polar surface area (TPSA) is 58.4 Å². The van der Waals surface area contributed by atoms with E-state index in [2.05, 4.69) is 5.10 Å². The third kappa shape index (κ3) is 4.27. The molecule has 3 aromatic rings. The standard InChI is InChI=1S/C26H29FN4O2/c1-5-22-17(2)24(30(4)28-22)26(33)31-15-14-29(3)25(32)23(31)16-19-8-6-7-9-21(19)18-10-12-20(27)13-11-18/h6-13,23H,5,14-16H2,1-4H3. The van der Waals surface area contributed by atoms with Crippen LogP contribution in [0, 0.1) is 12.7 Å². The molecule has 0 spiro atoms. The van der Waals surface area contributed by atoms with E-state index in [9.17, 15) is 14.0 Å². The van der Waals surface area contributed by atoms with Crippen molar-refractivity contribution < 1.29 is 14.0 Å². The molecule has 172 valence electrons. The van der Waals surface area contributed by atoms with Crippen molar-refractivity contribution >= 4 is 11.8 Å². The zero-order valence-electron chi connectivity index (χ0n) is 19.5. The zero-order chi connectivity index (χ0) is 23.7. The molecule has 0 radical (unpaired) electrons. The maximum atomic E-state index is 13.7. The van der Waals surface area contributed by atoms with Gasteiger partial charge in [-0.15, -0.1) is 0 Å². The van der Waals surface area contributed by atoms with Gasteiger partial charge < -0.3 is 9.80 Å². The predicted molar refractivity (Wildman–Crippen MR) is 125 cm³/mol. The maximum Gasteiger partial charge on any atom is 0.273 e. The Hall–Kier alpha value is -3.48. The largest absolute Gasteiger partial charge is 0.342 e. The van der Waals surface area contributed by atoms with Crippen LogP contribution in [0.4, 0.5) is 4.39 Å². The lowest BCUT2D eigenvalue weighted by Gasteiger charge is -2.39. The van der Waals surface area contributed by atoms with Crippen LogP contribution in [0.15, 0.2) is 48.5 Å². The molecule has 1 unspecified atom stereocenters. The van der Waals surface area contributed by atoms with E-state index in [0.717, 1.165) is 34.4 Å². The van der Waals surface area contributed by atoms with Crippen LogP contribution in [0.5, 0.6) is 0 Å². The number of hydrogen-bond donors (Lipinski definition) is 0. The molecule has 0 bridgehead atoms. The third-order valence-electron chi connectivity index (χ3n) is 6.48. The Labute approximate surface area is 193 Å². The molecule has 0 N–H and O–H groups in total. The first-order valence-corrected chi connectivity index (χ1v) is 11.2. The summed E-state index contributed by atoms with van der Waals surface area (Å²) in [5.41, 5.74) is 5.02. The normalized spacial score (nSPS) is 16.4. The van der Waals surface area contributed by atoms with Gasteiger partial charge in [0, 0.05) is 39.2 Å². The lowest BCUT2D eigenvalue weighted by Crippen LogP contribution is -2.58. The number of halogens is 1. The molecule has 2 amide bonds. The molecule has 2 aromatic carbocycles. The van der Waals surface area contributed by atoms with E-state index in [4.69, 9.17) is 0 Å². The first-order chi connectivity index (χ1) is 15.8. The summed E-state index contributed by atoms with van der Waals surface area (Å²) < 4.78 is 15.1. The fourth-order valence-electron chi connectivity index (χ4n) is 4.63. The van der Waals surface area contributed by atoms with Crippen LogP contribution < -0.4 is 0 Å². The molecule has 1 fully saturated rings. The van der Waals surface area contributed by atoms with Gasteiger partial charge in [-0.2, -0.15) is 5.10 Å². The zero-order valence-corrected chi connectivity index (χ0v) is 19.5. The number of aromatic nitrogens is 2. The van der Waals surface area contributed by atoms with Gasteiger partial charge in [0.2, 0.25) is 5.91 Å². The predicted octanol–water partition coefficient (Wildman–Crippen LogP) is 3.62. The van der Waals surface area contributed by atoms with E-state index in [1.54, 1.807) is 40.7 Å². The summed E-state index contributed by atoms with van der Waals surface area (Å²) in [6, 6.07) is 13.5. The van der Waals surface area contributed by atoms with E-state index in [0.29, 0.717) is 25.2 Å². The lowest BCUT2D eigenvalue weighted by molar-refractivity contribution is -0.138. The molecule has 1 aromatic heterocycles. The Kier molecular flexibility index (Phi) is 6.31. The summed E-state index contributed by atoms with van der Waals surface area (Å²) in [4.78, 5) is 30.3. The second-order valence-electron chi connectivity index (χ2n) is 8.54. The minimum Gasteiger partial charge on any atom is -0.342 e. The van der Waals surface area contributed by atoms with Crippen molar-refractivity contribution in [2.45, 2.75) is 32.7 Å². The number of aryl methyl sites for hydroxylation is 2. The highest BCUT2D eigenvalue weighted by atomic mass is 19.1. The van der Waals surface area contributed by atoms with Gasteiger partial charge in [0.15, 0.2) is 0 Å². The number of amides is 2. The van der Waals surface area contributed by atoms with Crippen molar-refractivity contribution in [3.63, 3.8) is 0 Å². The molecule has 1 aliphatic rings. The number of benzene rings is 2. The molecule has 6 nitrogen and oxygen atoms in total. The summed E-state index contributed by atoms with van der Waals surface area (Å²) in [5, 5.41) is 4.49. The molecule has 4 rings (SSSR count). The maximum absolute atomic E-state index is 13.7. The summed E-state index contributed by atoms with van der Waals surface area (Å²) in [7, 11) is 3.55. The summed E-state index contributed by atoms with van der Waals surface area (Å²) >= 11 is 0. The number of piperazine rings is 1. The van der Waals surface area contributed by atoms with Crippen molar-refractivity contribution in [2.75, 3.05) is 20.1 Å². The van der Waals surface area contributed by atoms with Gasteiger partial charge in [0.25, 0.3) is 5.91 Å². The van der Waals surface area contributed by atoms with Crippen molar-refractivity contribution in [3.05, 3.63) is 76.9 Å². The molecule has 7 heteroatoms. The van der Waals surface area contributed by atoms with E-state index in [-0.39, 0.29) is 17.6 Å². The first kappa shape index (κ1) is 22.7. The van der Waals surface area contributed by atoms with E-state index < -0.39 is 6.04 Å². The molecule has 1 aliphatic heterocycles. The number of likely N-dealkylation sites (N-methyl/N-ethyl adjacent to an activating group) is 1. The lowest BCUT2D eigenvalue weighted by atomic mass is 9.93. The number of carbonyl (C=O) groups is 2. The highest BCUT2D eigenvalue weighted by Gasteiger charge is 2.38. The number of carbonyl (C=O) groups excluding carboxylic acids is 2. The van der Waals surface area contributed by atoms with Crippen molar-refractivity contribution in [2.24, 2.45) is 7.05 Å². The van der Waals surface area contributed by atoms with Crippen LogP contribution in [0.1, 0.15) is 34.2 Å². The van der Waals surface area contributed by atoms with Gasteiger partial charge in [-0.05, 0) is 42.2 Å². The second kappa shape index (κ2) is 9.17. The Morgan fingerprint density at radius 2 is 1.79 bits per heavy atom. The molecular weight excluding hydrogens is 419 g/mol. The van der Waals surface area contributed by atoms with Crippen LogP contribution in [0.2, 0.25) is 0 Å². The Morgan fingerprint density at radius 1 is 1.09 bits per heavy atom. The fraction of sp³-hybridized carbons (Fsp3) is 0.346. The number of rotatable bonds is 5. The molecule has 2 heterocycles. The van der Waals surface area contributed by atoms with Gasteiger partial charge in [0.05, 0.1) is 5.69 Å². The summed E-state index contributed by atoms with van der Waals surface area (Å²) in [6.07, 6.45) is 1.11. The van der Waals surface area contributed by atoms with Crippen molar-refractivity contribution in [1.82, 2.24) is 19.6 Å².